The highest BCUT2D eigenvalue weighted by atomic mass is 35.5. The van der Waals surface area contributed by atoms with Gasteiger partial charge in [-0.25, -0.2) is 0 Å². The lowest BCUT2D eigenvalue weighted by molar-refractivity contribution is 0.446. The molecule has 0 radical (unpaired) electrons. The average Bonchev–Trinajstić information content (AvgIpc) is 2.47. The van der Waals surface area contributed by atoms with Gasteiger partial charge in [0.25, 0.3) is 0 Å². The molecule has 13 heavy (non-hydrogen) atoms. The minimum Gasteiger partial charge on any atom is -0.448 e. The van der Waals surface area contributed by atoms with Crippen molar-refractivity contribution in [1.29, 1.82) is 0 Å². The van der Waals surface area contributed by atoms with Crippen LogP contribution in [0.4, 0.5) is 0 Å². The topological polar surface area (TPSA) is 39.2 Å². The molecule has 1 atom stereocenters. The minimum absolute atomic E-state index is 0. The summed E-state index contributed by atoms with van der Waals surface area (Å²) in [4.78, 5) is 0. The molecule has 0 bridgehead atoms. The van der Waals surface area contributed by atoms with Gasteiger partial charge in [0.2, 0.25) is 0 Å². The third-order valence-electron chi connectivity index (χ3n) is 1.83. The molecule has 2 N–H and O–H groups in total. The molecule has 0 amide bonds. The van der Waals surface area contributed by atoms with Gasteiger partial charge in [0.1, 0.15) is 5.76 Å². The van der Waals surface area contributed by atoms with Gasteiger partial charge in [0.15, 0.2) is 5.22 Å². The van der Waals surface area contributed by atoms with E-state index in [-0.39, 0.29) is 18.4 Å². The summed E-state index contributed by atoms with van der Waals surface area (Å²) in [5, 5.41) is 0.414. The first-order valence-electron chi connectivity index (χ1n) is 4.25. The molecule has 1 aromatic rings. The van der Waals surface area contributed by atoms with Crippen LogP contribution in [0.1, 0.15) is 38.0 Å². The summed E-state index contributed by atoms with van der Waals surface area (Å²) in [6.45, 7) is 2.14. The van der Waals surface area contributed by atoms with E-state index in [2.05, 4.69) is 6.92 Å². The molecular weight excluding hydrogens is 209 g/mol. The lowest BCUT2D eigenvalue weighted by Crippen LogP contribution is -2.08. The van der Waals surface area contributed by atoms with E-state index in [1.54, 1.807) is 6.07 Å². The Morgan fingerprint density at radius 1 is 1.54 bits per heavy atom. The number of hydrogen-bond acceptors (Lipinski definition) is 2. The highest BCUT2D eigenvalue weighted by molar-refractivity contribution is 6.28. The van der Waals surface area contributed by atoms with Gasteiger partial charge in [-0.1, -0.05) is 19.8 Å². The second-order valence-corrected chi connectivity index (χ2v) is 3.26. The van der Waals surface area contributed by atoms with E-state index in [1.165, 1.54) is 0 Å². The van der Waals surface area contributed by atoms with E-state index < -0.39 is 0 Å². The number of hydrogen-bond donors (Lipinski definition) is 1. The zero-order chi connectivity index (χ0) is 8.97. The van der Waals surface area contributed by atoms with Crippen molar-refractivity contribution in [1.82, 2.24) is 0 Å². The molecule has 0 saturated heterocycles. The van der Waals surface area contributed by atoms with Crippen LogP contribution in [0, 0.1) is 0 Å². The number of rotatable bonds is 4. The zero-order valence-electron chi connectivity index (χ0n) is 7.63. The van der Waals surface area contributed by atoms with Crippen LogP contribution in [0.2, 0.25) is 5.22 Å². The van der Waals surface area contributed by atoms with Crippen LogP contribution in [0.5, 0.6) is 0 Å². The SMILES string of the molecule is CCCC[C@H](N)c1ccc(Cl)o1.Cl. The summed E-state index contributed by atoms with van der Waals surface area (Å²) < 4.78 is 5.18. The predicted octanol–water partition coefficient (Wildman–Crippen LogP) is 3.54. The van der Waals surface area contributed by atoms with Gasteiger partial charge in [-0.2, -0.15) is 0 Å². The van der Waals surface area contributed by atoms with E-state index in [4.69, 9.17) is 21.8 Å². The van der Waals surface area contributed by atoms with Crippen LogP contribution in [-0.2, 0) is 0 Å². The molecule has 1 rings (SSSR count). The Morgan fingerprint density at radius 2 is 2.23 bits per heavy atom. The first-order chi connectivity index (χ1) is 5.74. The van der Waals surface area contributed by atoms with E-state index in [0.717, 1.165) is 25.0 Å². The highest BCUT2D eigenvalue weighted by Crippen LogP contribution is 2.21. The lowest BCUT2D eigenvalue weighted by Gasteiger charge is -2.06. The molecule has 2 nitrogen and oxygen atoms in total. The Balaban J connectivity index is 0.00000144. The molecule has 0 aliphatic rings. The summed E-state index contributed by atoms with van der Waals surface area (Å²) >= 11 is 5.62. The van der Waals surface area contributed by atoms with E-state index in [1.807, 2.05) is 6.07 Å². The number of furan rings is 1. The fraction of sp³-hybridized carbons (Fsp3) is 0.556. The van der Waals surface area contributed by atoms with E-state index in [0.29, 0.717) is 5.22 Å². The molecule has 0 spiro atoms. The average molecular weight is 224 g/mol. The molecule has 1 aromatic heterocycles. The van der Waals surface area contributed by atoms with Crippen LogP contribution in [0.3, 0.4) is 0 Å². The maximum absolute atomic E-state index is 5.84. The Labute approximate surface area is 89.8 Å². The van der Waals surface area contributed by atoms with Gasteiger partial charge < -0.3 is 10.2 Å². The molecule has 0 unspecified atom stereocenters. The summed E-state index contributed by atoms with van der Waals surface area (Å²) in [5.41, 5.74) is 5.84. The Kier molecular flexibility index (Phi) is 6.21. The second kappa shape index (κ2) is 6.30. The second-order valence-electron chi connectivity index (χ2n) is 2.89. The van der Waals surface area contributed by atoms with Gasteiger partial charge in [0, 0.05) is 0 Å². The number of unbranched alkanes of at least 4 members (excludes halogenated alkanes) is 1. The van der Waals surface area contributed by atoms with Crippen molar-refractivity contribution in [3.63, 3.8) is 0 Å². The van der Waals surface area contributed by atoms with Crippen molar-refractivity contribution in [2.45, 2.75) is 32.2 Å². The predicted molar refractivity (Wildman–Crippen MR) is 57.4 cm³/mol. The molecule has 0 aliphatic carbocycles. The summed E-state index contributed by atoms with van der Waals surface area (Å²) in [7, 11) is 0. The number of nitrogens with two attached hydrogens (primary N) is 1. The quantitative estimate of drug-likeness (QED) is 0.849. The van der Waals surface area contributed by atoms with Crippen LogP contribution in [-0.4, -0.2) is 0 Å². The van der Waals surface area contributed by atoms with Gasteiger partial charge in [-0.15, -0.1) is 12.4 Å². The summed E-state index contributed by atoms with van der Waals surface area (Å²) in [6.07, 6.45) is 3.24. The zero-order valence-corrected chi connectivity index (χ0v) is 9.20. The smallest absolute Gasteiger partial charge is 0.193 e. The first kappa shape index (κ1) is 12.8. The molecule has 0 aliphatic heterocycles. The lowest BCUT2D eigenvalue weighted by atomic mass is 10.1. The van der Waals surface area contributed by atoms with Crippen molar-refractivity contribution in [3.8, 4) is 0 Å². The van der Waals surface area contributed by atoms with Gasteiger partial charge in [-0.05, 0) is 30.2 Å². The molecule has 0 fully saturated rings. The fourth-order valence-corrected chi connectivity index (χ4v) is 1.25. The molecular formula is C9H15Cl2NO. The van der Waals surface area contributed by atoms with Crippen molar-refractivity contribution < 1.29 is 4.42 Å². The van der Waals surface area contributed by atoms with Gasteiger partial charge in [-0.3, -0.25) is 0 Å². The highest BCUT2D eigenvalue weighted by Gasteiger charge is 2.08. The molecule has 76 valence electrons. The van der Waals surface area contributed by atoms with E-state index in [9.17, 15) is 0 Å². The van der Waals surface area contributed by atoms with Crippen molar-refractivity contribution >= 4 is 24.0 Å². The summed E-state index contributed by atoms with van der Waals surface area (Å²) in [5.74, 6) is 0.786. The van der Waals surface area contributed by atoms with Crippen molar-refractivity contribution in [2.75, 3.05) is 0 Å². The third kappa shape index (κ3) is 4.03. The fourth-order valence-electron chi connectivity index (χ4n) is 1.09. The third-order valence-corrected chi connectivity index (χ3v) is 2.03. The van der Waals surface area contributed by atoms with Crippen LogP contribution in [0.15, 0.2) is 16.5 Å². The van der Waals surface area contributed by atoms with Crippen LogP contribution >= 0.6 is 24.0 Å². The molecule has 1 heterocycles. The van der Waals surface area contributed by atoms with Gasteiger partial charge in [0.05, 0.1) is 6.04 Å². The van der Waals surface area contributed by atoms with E-state index >= 15 is 0 Å². The van der Waals surface area contributed by atoms with Gasteiger partial charge >= 0.3 is 0 Å². The van der Waals surface area contributed by atoms with Crippen LogP contribution < -0.4 is 5.73 Å². The maximum atomic E-state index is 5.84. The van der Waals surface area contributed by atoms with Crippen molar-refractivity contribution in [3.05, 3.63) is 23.1 Å². The molecule has 0 saturated carbocycles. The normalized spacial score (nSPS) is 12.2. The molecule has 4 heteroatoms. The van der Waals surface area contributed by atoms with Crippen LogP contribution in [0.25, 0.3) is 0 Å². The largest absolute Gasteiger partial charge is 0.448 e. The Bertz CT molecular complexity index is 237. The first-order valence-corrected chi connectivity index (χ1v) is 4.62. The summed E-state index contributed by atoms with van der Waals surface area (Å²) in [6, 6.07) is 3.56. The van der Waals surface area contributed by atoms with Crippen molar-refractivity contribution in [2.24, 2.45) is 5.73 Å². The molecule has 0 aromatic carbocycles. The Morgan fingerprint density at radius 3 is 2.69 bits per heavy atom. The standard InChI is InChI=1S/C9H14ClNO.ClH/c1-2-3-4-7(11)8-5-6-9(10)12-8;/h5-7H,2-4,11H2,1H3;1H/t7-;/m0./s1. The maximum Gasteiger partial charge on any atom is 0.193 e. The minimum atomic E-state index is -0.00236. The monoisotopic (exact) mass is 223 g/mol. The Hall–Kier alpha value is -0.180. The number of halogens is 2.